The van der Waals surface area contributed by atoms with Gasteiger partial charge in [-0.3, -0.25) is 0 Å². The molecular weight excluding hydrogens is 236 g/mol. The van der Waals surface area contributed by atoms with E-state index in [4.69, 9.17) is 16.0 Å². The summed E-state index contributed by atoms with van der Waals surface area (Å²) in [6, 6.07) is 1.64. The molecule has 0 unspecified atom stereocenters. The van der Waals surface area contributed by atoms with E-state index in [2.05, 4.69) is 13.8 Å². The van der Waals surface area contributed by atoms with Crippen molar-refractivity contribution in [1.82, 2.24) is 0 Å². The van der Waals surface area contributed by atoms with Crippen LogP contribution in [0, 0.1) is 0 Å². The first kappa shape index (κ1) is 14.3. The van der Waals surface area contributed by atoms with Gasteiger partial charge in [0.05, 0.1) is 0 Å². The first-order valence-corrected chi connectivity index (χ1v) is 6.97. The molecule has 0 saturated carbocycles. The summed E-state index contributed by atoms with van der Waals surface area (Å²) in [6.07, 6.45) is 5.68. The molecule has 0 aliphatic heterocycles. The summed E-state index contributed by atoms with van der Waals surface area (Å²) < 4.78 is 5.33. The van der Waals surface area contributed by atoms with Crippen molar-refractivity contribution in [2.45, 2.75) is 52.4 Å². The van der Waals surface area contributed by atoms with Gasteiger partial charge >= 0.3 is 5.63 Å². The molecule has 96 valence electrons. The first-order valence-electron chi connectivity index (χ1n) is 6.43. The Morgan fingerprint density at radius 3 is 2.47 bits per heavy atom. The SMILES string of the molecule is CCCc1oc(=O)cc(CCCCl)c1CCC. The molecule has 0 amide bonds. The number of hydrogen-bond donors (Lipinski definition) is 0. The third kappa shape index (κ3) is 4.19. The molecule has 0 fully saturated rings. The second-order valence-corrected chi connectivity index (χ2v) is 4.66. The molecule has 0 radical (unpaired) electrons. The van der Waals surface area contributed by atoms with Crippen molar-refractivity contribution in [3.05, 3.63) is 33.4 Å². The van der Waals surface area contributed by atoms with E-state index in [-0.39, 0.29) is 5.63 Å². The smallest absolute Gasteiger partial charge is 0.336 e. The lowest BCUT2D eigenvalue weighted by molar-refractivity contribution is 0.445. The van der Waals surface area contributed by atoms with Crippen LogP contribution < -0.4 is 5.63 Å². The molecule has 0 N–H and O–H groups in total. The quantitative estimate of drug-likeness (QED) is 0.696. The summed E-state index contributed by atoms with van der Waals surface area (Å²) in [7, 11) is 0. The predicted octanol–water partition coefficient (Wildman–Crippen LogP) is 3.72. The lowest BCUT2D eigenvalue weighted by Gasteiger charge is -2.11. The van der Waals surface area contributed by atoms with Crippen LogP contribution in [0.5, 0.6) is 0 Å². The van der Waals surface area contributed by atoms with Crippen molar-refractivity contribution in [3.8, 4) is 0 Å². The molecule has 2 nitrogen and oxygen atoms in total. The fourth-order valence-electron chi connectivity index (χ4n) is 2.08. The van der Waals surface area contributed by atoms with E-state index in [9.17, 15) is 4.79 Å². The Bertz CT molecular complexity index is 396. The molecule has 1 rings (SSSR count). The molecule has 0 saturated heterocycles. The Balaban J connectivity index is 3.09. The average molecular weight is 257 g/mol. The highest BCUT2D eigenvalue weighted by Gasteiger charge is 2.11. The van der Waals surface area contributed by atoms with Gasteiger partial charge in [0.25, 0.3) is 0 Å². The minimum atomic E-state index is -0.224. The predicted molar refractivity (Wildman–Crippen MR) is 72.0 cm³/mol. The zero-order valence-corrected chi connectivity index (χ0v) is 11.5. The maximum Gasteiger partial charge on any atom is 0.336 e. The molecule has 1 aromatic heterocycles. The molecule has 17 heavy (non-hydrogen) atoms. The van der Waals surface area contributed by atoms with Crippen LogP contribution in [-0.4, -0.2) is 5.88 Å². The molecule has 0 aliphatic rings. The monoisotopic (exact) mass is 256 g/mol. The number of hydrogen-bond acceptors (Lipinski definition) is 2. The van der Waals surface area contributed by atoms with E-state index in [1.165, 1.54) is 5.56 Å². The lowest BCUT2D eigenvalue weighted by Crippen LogP contribution is -2.09. The Morgan fingerprint density at radius 1 is 1.18 bits per heavy atom. The molecule has 3 heteroatoms. The molecule has 0 aliphatic carbocycles. The van der Waals surface area contributed by atoms with E-state index in [1.54, 1.807) is 6.07 Å². The third-order valence-corrected chi connectivity index (χ3v) is 3.06. The summed E-state index contributed by atoms with van der Waals surface area (Å²) in [6.45, 7) is 4.24. The standard InChI is InChI=1S/C14H21ClO2/c1-3-6-12-11(8-5-9-15)10-14(16)17-13(12)7-4-2/h10H,3-9H2,1-2H3. The van der Waals surface area contributed by atoms with E-state index >= 15 is 0 Å². The van der Waals surface area contributed by atoms with Crippen molar-refractivity contribution >= 4 is 11.6 Å². The number of rotatable bonds is 7. The van der Waals surface area contributed by atoms with Crippen LogP contribution in [0.3, 0.4) is 0 Å². The molecule has 0 aromatic carbocycles. The summed E-state index contributed by atoms with van der Waals surface area (Å²) in [5.41, 5.74) is 2.14. The van der Waals surface area contributed by atoms with E-state index in [1.807, 2.05) is 0 Å². The minimum absolute atomic E-state index is 0.224. The van der Waals surface area contributed by atoms with Crippen LogP contribution in [0.25, 0.3) is 0 Å². The fourth-order valence-corrected chi connectivity index (χ4v) is 2.21. The van der Waals surface area contributed by atoms with Gasteiger partial charge < -0.3 is 4.42 Å². The summed E-state index contributed by atoms with van der Waals surface area (Å²) in [5.74, 6) is 1.51. The summed E-state index contributed by atoms with van der Waals surface area (Å²) in [5, 5.41) is 0. The van der Waals surface area contributed by atoms with Crippen molar-refractivity contribution in [3.63, 3.8) is 0 Å². The minimum Gasteiger partial charge on any atom is -0.428 e. The number of alkyl halides is 1. The first-order chi connectivity index (χ1) is 8.22. The lowest BCUT2D eigenvalue weighted by atomic mass is 9.98. The van der Waals surface area contributed by atoms with Crippen molar-refractivity contribution < 1.29 is 4.42 Å². The molecule has 0 bridgehead atoms. The normalized spacial score (nSPS) is 10.8. The van der Waals surface area contributed by atoms with Crippen LogP contribution in [-0.2, 0) is 19.3 Å². The van der Waals surface area contributed by atoms with Gasteiger partial charge in [0, 0.05) is 18.4 Å². The Labute approximate surface area is 108 Å². The van der Waals surface area contributed by atoms with Crippen LogP contribution in [0.4, 0.5) is 0 Å². The Kier molecular flexibility index (Phi) is 6.35. The Hall–Kier alpha value is -0.760. The van der Waals surface area contributed by atoms with Gasteiger partial charge in [0.1, 0.15) is 5.76 Å². The second-order valence-electron chi connectivity index (χ2n) is 4.28. The van der Waals surface area contributed by atoms with Crippen molar-refractivity contribution in [1.29, 1.82) is 0 Å². The zero-order valence-electron chi connectivity index (χ0n) is 10.7. The molecule has 0 atom stereocenters. The topological polar surface area (TPSA) is 30.2 Å². The highest BCUT2D eigenvalue weighted by atomic mass is 35.5. The van der Waals surface area contributed by atoms with E-state index in [0.717, 1.165) is 49.8 Å². The highest BCUT2D eigenvalue weighted by molar-refractivity contribution is 6.17. The summed E-state index contributed by atoms with van der Waals surface area (Å²) >= 11 is 5.72. The van der Waals surface area contributed by atoms with Gasteiger partial charge in [-0.2, -0.15) is 0 Å². The van der Waals surface area contributed by atoms with Crippen LogP contribution >= 0.6 is 11.6 Å². The number of aryl methyl sites for hydroxylation is 2. The van der Waals surface area contributed by atoms with Gasteiger partial charge in [-0.05, 0) is 36.8 Å². The van der Waals surface area contributed by atoms with Gasteiger partial charge in [-0.25, -0.2) is 4.79 Å². The highest BCUT2D eigenvalue weighted by Crippen LogP contribution is 2.18. The van der Waals surface area contributed by atoms with Gasteiger partial charge in [0.15, 0.2) is 0 Å². The molecule has 0 spiro atoms. The summed E-state index contributed by atoms with van der Waals surface area (Å²) in [4.78, 5) is 11.5. The van der Waals surface area contributed by atoms with E-state index < -0.39 is 0 Å². The Morgan fingerprint density at radius 2 is 1.88 bits per heavy atom. The largest absolute Gasteiger partial charge is 0.428 e. The van der Waals surface area contributed by atoms with Gasteiger partial charge in [-0.15, -0.1) is 11.6 Å². The zero-order chi connectivity index (χ0) is 12.7. The van der Waals surface area contributed by atoms with Crippen LogP contribution in [0.1, 0.15) is 50.0 Å². The molecule has 1 heterocycles. The van der Waals surface area contributed by atoms with Crippen molar-refractivity contribution in [2.75, 3.05) is 5.88 Å². The molecule has 1 aromatic rings. The third-order valence-electron chi connectivity index (χ3n) is 2.80. The maximum atomic E-state index is 11.5. The second kappa shape index (κ2) is 7.54. The fraction of sp³-hybridized carbons (Fsp3) is 0.643. The number of halogens is 1. The maximum absolute atomic E-state index is 11.5. The van der Waals surface area contributed by atoms with Gasteiger partial charge in [-0.1, -0.05) is 20.3 Å². The molecular formula is C14H21ClO2. The van der Waals surface area contributed by atoms with Crippen LogP contribution in [0.15, 0.2) is 15.3 Å². The average Bonchev–Trinajstić information content (AvgIpc) is 2.30. The van der Waals surface area contributed by atoms with Gasteiger partial charge in [0.2, 0.25) is 0 Å². The van der Waals surface area contributed by atoms with E-state index in [0.29, 0.717) is 5.88 Å². The van der Waals surface area contributed by atoms with Crippen molar-refractivity contribution in [2.24, 2.45) is 0 Å². The van der Waals surface area contributed by atoms with Crippen LogP contribution in [0.2, 0.25) is 0 Å².